The van der Waals surface area contributed by atoms with Gasteiger partial charge in [-0.05, 0) is 47.8 Å². The van der Waals surface area contributed by atoms with Crippen molar-refractivity contribution >= 4 is 43.4 Å². The first-order valence-corrected chi connectivity index (χ1v) is 7.62. The summed E-state index contributed by atoms with van der Waals surface area (Å²) >= 11 is 4.97. The average molecular weight is 341 g/mol. The van der Waals surface area contributed by atoms with Crippen LogP contribution in [0.3, 0.4) is 0 Å². The Kier molecular flexibility index (Phi) is 3.11. The molecule has 2 heterocycles. The number of carbonyl (C=O) groups excluding carboxylic acids is 1. The molecular formula is C13H13BrN2O2S. The fraction of sp³-hybridized carbons (Fsp3) is 0.385. The van der Waals surface area contributed by atoms with Crippen LogP contribution in [0.5, 0.6) is 0 Å². The molecule has 1 saturated carbocycles. The third kappa shape index (κ3) is 2.66. The van der Waals surface area contributed by atoms with Gasteiger partial charge in [0.1, 0.15) is 0 Å². The standard InChI is InChI=1S/C13H13BrN2O2S/c1-13(18)4-8(5-13)16-12(17)7-2-10-9(15-6-7)3-11(14)19-10/h2-3,6,8,18H,4-5H2,1H3,(H,16,17). The second kappa shape index (κ2) is 4.54. The van der Waals surface area contributed by atoms with E-state index in [4.69, 9.17) is 0 Å². The number of hydrogen-bond donors (Lipinski definition) is 2. The lowest BCUT2D eigenvalue weighted by Crippen LogP contribution is -2.53. The Morgan fingerprint density at radius 3 is 3.00 bits per heavy atom. The number of aromatic nitrogens is 1. The normalized spacial score (nSPS) is 26.2. The zero-order chi connectivity index (χ0) is 13.6. The van der Waals surface area contributed by atoms with E-state index in [2.05, 4.69) is 26.2 Å². The van der Waals surface area contributed by atoms with Crippen molar-refractivity contribution in [3.63, 3.8) is 0 Å². The highest BCUT2D eigenvalue weighted by Gasteiger charge is 2.39. The summed E-state index contributed by atoms with van der Waals surface area (Å²) in [4.78, 5) is 16.3. The molecule has 1 amide bonds. The SMILES string of the molecule is CC1(O)CC(NC(=O)c2cnc3cc(Br)sc3c2)C1. The van der Waals surface area contributed by atoms with Gasteiger partial charge in [0.2, 0.25) is 0 Å². The minimum absolute atomic E-state index is 0.0632. The van der Waals surface area contributed by atoms with Crippen molar-refractivity contribution in [2.45, 2.75) is 31.4 Å². The Labute approximate surface area is 123 Å². The van der Waals surface area contributed by atoms with Gasteiger partial charge >= 0.3 is 0 Å². The number of pyridine rings is 1. The molecule has 1 aliphatic rings. The van der Waals surface area contributed by atoms with Gasteiger partial charge in [-0.25, -0.2) is 0 Å². The van der Waals surface area contributed by atoms with Crippen LogP contribution in [-0.2, 0) is 0 Å². The van der Waals surface area contributed by atoms with Crippen molar-refractivity contribution in [3.05, 3.63) is 27.7 Å². The number of carbonyl (C=O) groups is 1. The van der Waals surface area contributed by atoms with Gasteiger partial charge < -0.3 is 10.4 Å². The van der Waals surface area contributed by atoms with Crippen LogP contribution in [-0.4, -0.2) is 27.6 Å². The highest BCUT2D eigenvalue weighted by molar-refractivity contribution is 9.11. The minimum Gasteiger partial charge on any atom is -0.390 e. The van der Waals surface area contributed by atoms with Gasteiger partial charge in [0.05, 0.1) is 25.2 Å². The third-order valence-corrected chi connectivity index (χ3v) is 4.88. The van der Waals surface area contributed by atoms with E-state index in [1.807, 2.05) is 12.1 Å². The molecule has 19 heavy (non-hydrogen) atoms. The lowest BCUT2D eigenvalue weighted by Gasteiger charge is -2.41. The highest BCUT2D eigenvalue weighted by Crippen LogP contribution is 2.32. The van der Waals surface area contributed by atoms with Crippen LogP contribution in [0.4, 0.5) is 0 Å². The molecule has 0 bridgehead atoms. The van der Waals surface area contributed by atoms with E-state index in [1.54, 1.807) is 24.5 Å². The molecule has 0 unspecified atom stereocenters. The van der Waals surface area contributed by atoms with Gasteiger partial charge in [-0.1, -0.05) is 0 Å². The van der Waals surface area contributed by atoms with Crippen LogP contribution in [0.1, 0.15) is 30.1 Å². The maximum atomic E-state index is 12.1. The first kappa shape index (κ1) is 13.0. The Bertz CT molecular complexity index is 645. The van der Waals surface area contributed by atoms with Crippen molar-refractivity contribution in [3.8, 4) is 0 Å². The minimum atomic E-state index is -0.626. The number of amides is 1. The number of thiophene rings is 1. The molecule has 0 radical (unpaired) electrons. The molecule has 3 rings (SSSR count). The van der Waals surface area contributed by atoms with Gasteiger partial charge in [-0.15, -0.1) is 11.3 Å². The maximum Gasteiger partial charge on any atom is 0.253 e. The van der Waals surface area contributed by atoms with E-state index < -0.39 is 5.60 Å². The van der Waals surface area contributed by atoms with Crippen LogP contribution in [0, 0.1) is 0 Å². The van der Waals surface area contributed by atoms with Crippen molar-refractivity contribution in [2.24, 2.45) is 0 Å². The number of nitrogens with one attached hydrogen (secondary N) is 1. The molecule has 0 atom stereocenters. The monoisotopic (exact) mass is 340 g/mol. The molecule has 0 aliphatic heterocycles. The summed E-state index contributed by atoms with van der Waals surface area (Å²) in [6.45, 7) is 1.78. The topological polar surface area (TPSA) is 62.2 Å². The molecule has 1 fully saturated rings. The van der Waals surface area contributed by atoms with Crippen LogP contribution in [0.25, 0.3) is 10.2 Å². The van der Waals surface area contributed by atoms with E-state index in [0.717, 1.165) is 14.0 Å². The van der Waals surface area contributed by atoms with Crippen LogP contribution >= 0.6 is 27.3 Å². The third-order valence-electron chi connectivity index (χ3n) is 3.31. The first-order valence-electron chi connectivity index (χ1n) is 6.01. The van der Waals surface area contributed by atoms with Crippen LogP contribution < -0.4 is 5.32 Å². The molecular weight excluding hydrogens is 328 g/mol. The zero-order valence-electron chi connectivity index (χ0n) is 10.3. The Morgan fingerprint density at radius 1 is 1.58 bits per heavy atom. The molecule has 100 valence electrons. The number of aliphatic hydroxyl groups is 1. The molecule has 2 N–H and O–H groups in total. The lowest BCUT2D eigenvalue weighted by molar-refractivity contribution is -0.0366. The van der Waals surface area contributed by atoms with E-state index >= 15 is 0 Å². The van der Waals surface area contributed by atoms with Crippen LogP contribution in [0.15, 0.2) is 22.1 Å². The summed E-state index contributed by atoms with van der Waals surface area (Å²) in [5.74, 6) is -0.126. The zero-order valence-corrected chi connectivity index (χ0v) is 12.7. The van der Waals surface area contributed by atoms with Gasteiger partial charge in [0, 0.05) is 12.2 Å². The van der Waals surface area contributed by atoms with Gasteiger partial charge in [-0.2, -0.15) is 0 Å². The Balaban J connectivity index is 1.74. The number of nitrogens with zero attached hydrogens (tertiary/aromatic N) is 1. The molecule has 0 spiro atoms. The summed E-state index contributed by atoms with van der Waals surface area (Å²) < 4.78 is 1.99. The van der Waals surface area contributed by atoms with E-state index in [-0.39, 0.29) is 11.9 Å². The number of halogens is 1. The molecule has 2 aromatic heterocycles. The first-order chi connectivity index (χ1) is 8.93. The van der Waals surface area contributed by atoms with Gasteiger partial charge in [0.15, 0.2) is 0 Å². The van der Waals surface area contributed by atoms with E-state index in [1.165, 1.54) is 0 Å². The number of fused-ring (bicyclic) bond motifs is 1. The van der Waals surface area contributed by atoms with Crippen molar-refractivity contribution in [2.75, 3.05) is 0 Å². The van der Waals surface area contributed by atoms with Gasteiger partial charge in [0.25, 0.3) is 5.91 Å². The van der Waals surface area contributed by atoms with Crippen molar-refractivity contribution < 1.29 is 9.90 Å². The average Bonchev–Trinajstić information content (AvgIpc) is 2.65. The summed E-state index contributed by atoms with van der Waals surface area (Å²) in [5, 5.41) is 12.6. The van der Waals surface area contributed by atoms with Crippen molar-refractivity contribution in [1.82, 2.24) is 10.3 Å². The van der Waals surface area contributed by atoms with E-state index in [0.29, 0.717) is 18.4 Å². The molecule has 4 nitrogen and oxygen atoms in total. The van der Waals surface area contributed by atoms with Crippen molar-refractivity contribution in [1.29, 1.82) is 0 Å². The smallest absolute Gasteiger partial charge is 0.253 e. The fourth-order valence-electron chi connectivity index (χ4n) is 2.38. The molecule has 6 heteroatoms. The summed E-state index contributed by atoms with van der Waals surface area (Å²) in [5.41, 5.74) is 0.826. The Morgan fingerprint density at radius 2 is 2.32 bits per heavy atom. The fourth-order valence-corrected chi connectivity index (χ4v) is 3.91. The molecule has 2 aromatic rings. The van der Waals surface area contributed by atoms with Gasteiger partial charge in [-0.3, -0.25) is 9.78 Å². The number of hydrogen-bond acceptors (Lipinski definition) is 4. The summed E-state index contributed by atoms with van der Waals surface area (Å²) in [6, 6.07) is 3.85. The quantitative estimate of drug-likeness (QED) is 0.883. The maximum absolute atomic E-state index is 12.1. The predicted molar refractivity (Wildman–Crippen MR) is 78.4 cm³/mol. The molecule has 0 saturated heterocycles. The summed E-state index contributed by atoms with van der Waals surface area (Å²) in [7, 11) is 0. The second-order valence-electron chi connectivity index (χ2n) is 5.23. The van der Waals surface area contributed by atoms with E-state index in [9.17, 15) is 9.90 Å². The second-order valence-corrected chi connectivity index (χ2v) is 7.70. The molecule has 1 aliphatic carbocycles. The Hall–Kier alpha value is -0.980. The highest BCUT2D eigenvalue weighted by atomic mass is 79.9. The summed E-state index contributed by atoms with van der Waals surface area (Å²) in [6.07, 6.45) is 2.81. The predicted octanol–water partition coefficient (Wildman–Crippen LogP) is 2.70. The largest absolute Gasteiger partial charge is 0.390 e. The lowest BCUT2D eigenvalue weighted by atomic mass is 9.77. The number of rotatable bonds is 2. The van der Waals surface area contributed by atoms with Crippen LogP contribution in [0.2, 0.25) is 0 Å². The molecule has 0 aromatic carbocycles.